The molecule has 0 amide bonds. The van der Waals surface area contributed by atoms with Crippen LogP contribution in [0.4, 0.5) is 5.82 Å². The molecule has 2 heterocycles. The highest BCUT2D eigenvalue weighted by Gasteiger charge is 2.32. The predicted octanol–water partition coefficient (Wildman–Crippen LogP) is 2.55. The van der Waals surface area contributed by atoms with Crippen molar-refractivity contribution in [3.05, 3.63) is 17.3 Å². The maximum absolute atomic E-state index is 6.22. The van der Waals surface area contributed by atoms with Gasteiger partial charge in [0.25, 0.3) is 0 Å². The molecule has 96 valence electrons. The minimum absolute atomic E-state index is 0.0269. The fourth-order valence-corrected chi connectivity index (χ4v) is 3.22. The fraction of sp³-hybridized carbons (Fsp3) is 0.538. The van der Waals surface area contributed by atoms with Gasteiger partial charge in [-0.2, -0.15) is 0 Å². The molecule has 4 nitrogen and oxygen atoms in total. The smallest absolute Gasteiger partial charge is 0.138 e. The van der Waals surface area contributed by atoms with E-state index in [0.717, 1.165) is 41.8 Å². The van der Waals surface area contributed by atoms with E-state index in [1.165, 1.54) is 11.3 Å². The first kappa shape index (κ1) is 11.9. The molecule has 0 unspecified atom stereocenters. The van der Waals surface area contributed by atoms with E-state index >= 15 is 0 Å². The van der Waals surface area contributed by atoms with Crippen molar-refractivity contribution in [1.82, 2.24) is 9.97 Å². The number of hydrogen-bond donors (Lipinski definition) is 2. The predicted molar refractivity (Wildman–Crippen MR) is 76.1 cm³/mol. The Balaban J connectivity index is 1.84. The van der Waals surface area contributed by atoms with Crippen molar-refractivity contribution in [3.8, 4) is 0 Å². The number of fused-ring (bicyclic) bond motifs is 1. The molecule has 3 N–H and O–H groups in total. The van der Waals surface area contributed by atoms with E-state index in [0.29, 0.717) is 0 Å². The second-order valence-corrected chi connectivity index (χ2v) is 6.19. The van der Waals surface area contributed by atoms with Gasteiger partial charge in [0.15, 0.2) is 0 Å². The van der Waals surface area contributed by atoms with Gasteiger partial charge >= 0.3 is 0 Å². The lowest BCUT2D eigenvalue weighted by Crippen LogP contribution is -2.52. The van der Waals surface area contributed by atoms with Gasteiger partial charge in [0.05, 0.1) is 5.39 Å². The lowest BCUT2D eigenvalue weighted by Gasteiger charge is -2.38. The molecule has 0 aromatic carbocycles. The third kappa shape index (κ3) is 2.08. The van der Waals surface area contributed by atoms with Gasteiger partial charge in [-0.15, -0.1) is 11.3 Å². The molecule has 0 bridgehead atoms. The summed E-state index contributed by atoms with van der Waals surface area (Å²) >= 11 is 1.74. The number of anilines is 1. The van der Waals surface area contributed by atoms with Crippen LogP contribution in [-0.4, -0.2) is 22.1 Å². The summed E-state index contributed by atoms with van der Waals surface area (Å²) in [6, 6.07) is 2.19. The molecule has 3 rings (SSSR count). The Morgan fingerprint density at radius 3 is 2.94 bits per heavy atom. The van der Waals surface area contributed by atoms with E-state index in [1.807, 2.05) is 0 Å². The molecule has 0 saturated heterocycles. The fourth-order valence-electron chi connectivity index (χ4n) is 2.29. The van der Waals surface area contributed by atoms with Gasteiger partial charge < -0.3 is 11.1 Å². The Hall–Kier alpha value is -1.20. The van der Waals surface area contributed by atoms with Crippen LogP contribution >= 0.6 is 11.3 Å². The van der Waals surface area contributed by atoms with Gasteiger partial charge in [0, 0.05) is 17.0 Å². The molecular formula is C13H18N4S. The minimum atomic E-state index is -0.0269. The largest absolute Gasteiger partial charge is 0.368 e. The van der Waals surface area contributed by atoms with Gasteiger partial charge in [-0.1, -0.05) is 6.92 Å². The Bertz CT molecular complexity index is 559. The lowest BCUT2D eigenvalue weighted by molar-refractivity contribution is 0.265. The van der Waals surface area contributed by atoms with E-state index < -0.39 is 0 Å². The molecule has 2 aromatic heterocycles. The highest BCUT2D eigenvalue weighted by molar-refractivity contribution is 7.18. The molecule has 1 fully saturated rings. The van der Waals surface area contributed by atoms with Crippen LogP contribution in [0.3, 0.4) is 0 Å². The Kier molecular flexibility index (Phi) is 2.95. The van der Waals surface area contributed by atoms with E-state index in [9.17, 15) is 0 Å². The molecule has 1 aliphatic rings. The van der Waals surface area contributed by atoms with Crippen LogP contribution < -0.4 is 11.1 Å². The topological polar surface area (TPSA) is 63.8 Å². The molecule has 0 aliphatic heterocycles. The van der Waals surface area contributed by atoms with Gasteiger partial charge in [0.2, 0.25) is 0 Å². The van der Waals surface area contributed by atoms with Crippen molar-refractivity contribution in [2.45, 2.75) is 38.1 Å². The molecule has 18 heavy (non-hydrogen) atoms. The Morgan fingerprint density at radius 1 is 1.44 bits per heavy atom. The van der Waals surface area contributed by atoms with Crippen molar-refractivity contribution in [2.24, 2.45) is 5.73 Å². The van der Waals surface area contributed by atoms with Gasteiger partial charge in [-0.25, -0.2) is 9.97 Å². The first-order chi connectivity index (χ1) is 8.70. The lowest BCUT2D eigenvalue weighted by atomic mass is 9.78. The number of nitrogens with zero attached hydrogens (tertiary/aromatic N) is 2. The van der Waals surface area contributed by atoms with E-state index in [1.54, 1.807) is 17.7 Å². The standard InChI is InChI=1S/C13H18N4S/c1-2-9-6-10-11(16-8-17-12(10)18-9)15-7-13(14)4-3-5-13/h6,8H,2-5,7,14H2,1H3,(H,15,16,17). The van der Waals surface area contributed by atoms with Gasteiger partial charge in [0.1, 0.15) is 17.0 Å². The first-order valence-electron chi connectivity index (χ1n) is 6.46. The summed E-state index contributed by atoms with van der Waals surface area (Å²) in [4.78, 5) is 11.1. The average Bonchev–Trinajstić information content (AvgIpc) is 2.77. The van der Waals surface area contributed by atoms with Crippen LogP contribution in [0.15, 0.2) is 12.4 Å². The van der Waals surface area contributed by atoms with Crippen molar-refractivity contribution >= 4 is 27.4 Å². The van der Waals surface area contributed by atoms with Gasteiger partial charge in [-0.05, 0) is 31.7 Å². The number of thiophene rings is 1. The van der Waals surface area contributed by atoms with Crippen molar-refractivity contribution in [3.63, 3.8) is 0 Å². The third-order valence-electron chi connectivity index (χ3n) is 3.69. The third-order valence-corrected chi connectivity index (χ3v) is 4.87. The normalized spacial score (nSPS) is 17.7. The molecule has 1 saturated carbocycles. The number of rotatable bonds is 4. The number of hydrogen-bond acceptors (Lipinski definition) is 5. The summed E-state index contributed by atoms with van der Waals surface area (Å²) in [7, 11) is 0. The van der Waals surface area contributed by atoms with Crippen LogP contribution in [0.25, 0.3) is 10.2 Å². The number of nitrogens with one attached hydrogen (secondary N) is 1. The molecular weight excluding hydrogens is 244 g/mol. The number of aromatic nitrogens is 2. The zero-order chi connectivity index (χ0) is 12.6. The quantitative estimate of drug-likeness (QED) is 0.888. The second-order valence-electron chi connectivity index (χ2n) is 5.08. The molecule has 0 spiro atoms. The van der Waals surface area contributed by atoms with Crippen LogP contribution in [0.5, 0.6) is 0 Å². The van der Waals surface area contributed by atoms with Crippen LogP contribution in [0, 0.1) is 0 Å². The summed E-state index contributed by atoms with van der Waals surface area (Å²) in [6.07, 6.45) is 6.14. The maximum atomic E-state index is 6.22. The van der Waals surface area contributed by atoms with E-state index in [2.05, 4.69) is 28.3 Å². The maximum Gasteiger partial charge on any atom is 0.138 e. The van der Waals surface area contributed by atoms with Crippen molar-refractivity contribution < 1.29 is 0 Å². The Labute approximate surface area is 111 Å². The van der Waals surface area contributed by atoms with Gasteiger partial charge in [-0.3, -0.25) is 0 Å². The average molecular weight is 262 g/mol. The van der Waals surface area contributed by atoms with Crippen LogP contribution in [0.1, 0.15) is 31.1 Å². The summed E-state index contributed by atoms with van der Waals surface area (Å²) < 4.78 is 0. The molecule has 1 aliphatic carbocycles. The number of nitrogens with two attached hydrogens (primary N) is 1. The summed E-state index contributed by atoms with van der Waals surface area (Å²) in [5.74, 6) is 0.924. The summed E-state index contributed by atoms with van der Waals surface area (Å²) in [6.45, 7) is 2.96. The minimum Gasteiger partial charge on any atom is -0.368 e. The number of aryl methyl sites for hydroxylation is 1. The Morgan fingerprint density at radius 2 is 2.28 bits per heavy atom. The highest BCUT2D eigenvalue weighted by Crippen LogP contribution is 2.31. The molecule has 0 radical (unpaired) electrons. The zero-order valence-corrected chi connectivity index (χ0v) is 11.4. The first-order valence-corrected chi connectivity index (χ1v) is 7.28. The molecule has 0 atom stereocenters. The SMILES string of the molecule is CCc1cc2c(NCC3(N)CCC3)ncnc2s1. The summed E-state index contributed by atoms with van der Waals surface area (Å²) in [5.41, 5.74) is 6.20. The van der Waals surface area contributed by atoms with E-state index in [4.69, 9.17) is 5.73 Å². The van der Waals surface area contributed by atoms with Crippen LogP contribution in [0.2, 0.25) is 0 Å². The molecule has 5 heteroatoms. The second kappa shape index (κ2) is 4.48. The highest BCUT2D eigenvalue weighted by atomic mass is 32.1. The molecule has 2 aromatic rings. The monoisotopic (exact) mass is 262 g/mol. The van der Waals surface area contributed by atoms with E-state index in [-0.39, 0.29) is 5.54 Å². The van der Waals surface area contributed by atoms with Crippen molar-refractivity contribution in [1.29, 1.82) is 0 Å². The zero-order valence-electron chi connectivity index (χ0n) is 10.6. The van der Waals surface area contributed by atoms with Crippen LogP contribution in [-0.2, 0) is 6.42 Å². The van der Waals surface area contributed by atoms with Crippen molar-refractivity contribution in [2.75, 3.05) is 11.9 Å². The summed E-state index contributed by atoms with van der Waals surface area (Å²) in [5, 5.41) is 4.53.